The number of fused-ring (bicyclic) bond motifs is 2. The highest BCUT2D eigenvalue weighted by Gasteiger charge is 2.58. The van der Waals surface area contributed by atoms with Gasteiger partial charge in [-0.05, 0) is 37.8 Å². The van der Waals surface area contributed by atoms with Crippen LogP contribution < -0.4 is 0 Å². The Hall–Kier alpha value is -0.830. The average molecular weight is 208 g/mol. The van der Waals surface area contributed by atoms with Crippen LogP contribution in [-0.4, -0.2) is 11.1 Å². The number of aryl methyl sites for hydroxylation is 1. The molecule has 1 spiro atoms. The van der Waals surface area contributed by atoms with E-state index >= 15 is 0 Å². The summed E-state index contributed by atoms with van der Waals surface area (Å²) < 4.78 is 0. The van der Waals surface area contributed by atoms with Crippen LogP contribution in [0.4, 0.5) is 0 Å². The van der Waals surface area contributed by atoms with Crippen molar-refractivity contribution < 1.29 is 9.90 Å². The molecule has 3 rings (SSSR count). The topological polar surface area (TPSA) is 37.3 Å². The van der Waals surface area contributed by atoms with Gasteiger partial charge >= 0.3 is 5.97 Å². The monoisotopic (exact) mass is 208 g/mol. The van der Waals surface area contributed by atoms with Gasteiger partial charge in [0, 0.05) is 15.2 Å². The van der Waals surface area contributed by atoms with Gasteiger partial charge in [-0.15, -0.1) is 11.3 Å². The van der Waals surface area contributed by atoms with Crippen LogP contribution in [-0.2, 0) is 16.6 Å². The largest absolute Gasteiger partial charge is 0.481 e. The van der Waals surface area contributed by atoms with Gasteiger partial charge in [-0.3, -0.25) is 4.79 Å². The zero-order valence-electron chi connectivity index (χ0n) is 8.04. The highest BCUT2D eigenvalue weighted by molar-refractivity contribution is 7.12. The van der Waals surface area contributed by atoms with Gasteiger partial charge in [0.15, 0.2) is 0 Å². The van der Waals surface area contributed by atoms with Crippen molar-refractivity contribution in [3.05, 3.63) is 21.4 Å². The molecule has 2 aliphatic carbocycles. The Bertz CT molecular complexity index is 415. The zero-order chi connectivity index (χ0) is 9.92. The van der Waals surface area contributed by atoms with E-state index in [9.17, 15) is 4.79 Å². The van der Waals surface area contributed by atoms with Gasteiger partial charge in [0.05, 0.1) is 5.92 Å². The summed E-state index contributed by atoms with van der Waals surface area (Å²) in [4.78, 5) is 13.8. The fourth-order valence-electron chi connectivity index (χ4n) is 2.78. The molecule has 1 saturated carbocycles. The highest BCUT2D eigenvalue weighted by Crippen LogP contribution is 2.61. The van der Waals surface area contributed by atoms with E-state index in [0.717, 1.165) is 19.3 Å². The summed E-state index contributed by atoms with van der Waals surface area (Å²) in [5, 5.41) is 9.15. The van der Waals surface area contributed by atoms with Gasteiger partial charge in [-0.1, -0.05) is 0 Å². The van der Waals surface area contributed by atoms with Gasteiger partial charge in [0.2, 0.25) is 0 Å². The van der Waals surface area contributed by atoms with E-state index < -0.39 is 5.97 Å². The molecule has 1 fully saturated rings. The summed E-state index contributed by atoms with van der Waals surface area (Å²) in [6.07, 6.45) is 2.92. The molecule has 1 unspecified atom stereocenters. The first-order valence-electron chi connectivity index (χ1n) is 4.96. The third kappa shape index (κ3) is 0.883. The maximum atomic E-state index is 11.1. The van der Waals surface area contributed by atoms with E-state index in [1.54, 1.807) is 11.3 Å². The number of rotatable bonds is 1. The second kappa shape index (κ2) is 2.40. The van der Waals surface area contributed by atoms with Gasteiger partial charge in [-0.2, -0.15) is 0 Å². The van der Waals surface area contributed by atoms with Crippen LogP contribution >= 0.6 is 11.3 Å². The molecule has 0 aromatic carbocycles. The van der Waals surface area contributed by atoms with Crippen LogP contribution in [0, 0.1) is 12.8 Å². The Labute approximate surface area is 86.6 Å². The van der Waals surface area contributed by atoms with Crippen LogP contribution in [0.1, 0.15) is 28.2 Å². The highest BCUT2D eigenvalue weighted by atomic mass is 32.1. The Kier molecular flexibility index (Phi) is 1.45. The predicted octanol–water partition coefficient (Wildman–Crippen LogP) is 2.35. The minimum Gasteiger partial charge on any atom is -0.481 e. The van der Waals surface area contributed by atoms with E-state index in [2.05, 4.69) is 13.0 Å². The Morgan fingerprint density at radius 3 is 2.93 bits per heavy atom. The second-order valence-electron chi connectivity index (χ2n) is 4.44. The Balaban J connectivity index is 2.09. The lowest BCUT2D eigenvalue weighted by Crippen LogP contribution is -2.24. The number of carboxylic acid groups (broad SMARTS) is 1. The van der Waals surface area contributed by atoms with Crippen LogP contribution in [0.25, 0.3) is 0 Å². The van der Waals surface area contributed by atoms with Crippen molar-refractivity contribution in [2.24, 2.45) is 5.92 Å². The first kappa shape index (κ1) is 8.48. The normalized spacial score (nSPS) is 26.5. The lowest BCUT2D eigenvalue weighted by Gasteiger charge is -2.13. The van der Waals surface area contributed by atoms with Crippen molar-refractivity contribution in [2.75, 3.05) is 0 Å². The number of hydrogen-bond acceptors (Lipinski definition) is 2. The summed E-state index contributed by atoms with van der Waals surface area (Å²) in [7, 11) is 0. The Morgan fingerprint density at radius 2 is 2.36 bits per heavy atom. The van der Waals surface area contributed by atoms with E-state index in [4.69, 9.17) is 5.11 Å². The van der Waals surface area contributed by atoms with Crippen molar-refractivity contribution in [1.82, 2.24) is 0 Å². The molecule has 1 aromatic rings. The molecule has 3 heteroatoms. The molecule has 0 radical (unpaired) electrons. The molecule has 1 aromatic heterocycles. The first-order valence-corrected chi connectivity index (χ1v) is 5.78. The van der Waals surface area contributed by atoms with Crippen molar-refractivity contribution in [2.45, 2.75) is 31.6 Å². The molecule has 0 saturated heterocycles. The smallest absolute Gasteiger partial charge is 0.307 e. The second-order valence-corrected chi connectivity index (χ2v) is 5.79. The van der Waals surface area contributed by atoms with Gasteiger partial charge in [0.25, 0.3) is 0 Å². The molecule has 2 nitrogen and oxygen atoms in total. The van der Waals surface area contributed by atoms with Gasteiger partial charge < -0.3 is 5.11 Å². The van der Waals surface area contributed by atoms with Crippen LogP contribution in [0.2, 0.25) is 0 Å². The van der Waals surface area contributed by atoms with E-state index in [1.165, 1.54) is 15.3 Å². The van der Waals surface area contributed by atoms with E-state index in [0.29, 0.717) is 0 Å². The van der Waals surface area contributed by atoms with Crippen molar-refractivity contribution in [3.63, 3.8) is 0 Å². The van der Waals surface area contributed by atoms with Crippen molar-refractivity contribution in [1.29, 1.82) is 0 Å². The summed E-state index contributed by atoms with van der Waals surface area (Å²) in [5.74, 6) is -0.743. The molecule has 0 amide bonds. The molecule has 1 atom stereocenters. The van der Waals surface area contributed by atoms with E-state index in [-0.39, 0.29) is 11.3 Å². The van der Waals surface area contributed by atoms with Gasteiger partial charge in [-0.25, -0.2) is 0 Å². The summed E-state index contributed by atoms with van der Waals surface area (Å²) in [6.45, 7) is 2.11. The van der Waals surface area contributed by atoms with Crippen LogP contribution in [0.5, 0.6) is 0 Å². The minimum absolute atomic E-state index is 0.0475. The van der Waals surface area contributed by atoms with Crippen molar-refractivity contribution in [3.8, 4) is 0 Å². The zero-order valence-corrected chi connectivity index (χ0v) is 8.86. The van der Waals surface area contributed by atoms with Crippen LogP contribution in [0.15, 0.2) is 6.07 Å². The SMILES string of the molecule is Cc1cc2c(s1)CC(C(=O)O)C21CC1. The minimum atomic E-state index is -0.608. The number of carboxylic acids is 1. The third-order valence-electron chi connectivity index (χ3n) is 3.61. The van der Waals surface area contributed by atoms with Gasteiger partial charge in [0.1, 0.15) is 0 Å². The average Bonchev–Trinajstić information content (AvgIpc) is 2.73. The molecule has 0 bridgehead atoms. The predicted molar refractivity (Wildman–Crippen MR) is 54.8 cm³/mol. The molecule has 1 heterocycles. The molecular formula is C11H12O2S. The standard InChI is InChI=1S/C11H12O2S/c1-6-4-7-9(14-6)5-8(10(12)13)11(7)2-3-11/h4,8H,2-3,5H2,1H3,(H,12,13). The lowest BCUT2D eigenvalue weighted by atomic mass is 9.89. The third-order valence-corrected chi connectivity index (χ3v) is 4.68. The summed E-state index contributed by atoms with van der Waals surface area (Å²) >= 11 is 1.78. The fourth-order valence-corrected chi connectivity index (χ4v) is 3.97. The van der Waals surface area contributed by atoms with E-state index in [1.807, 2.05) is 0 Å². The summed E-state index contributed by atoms with van der Waals surface area (Å²) in [5.41, 5.74) is 1.40. The molecule has 2 aliphatic rings. The number of hydrogen-bond donors (Lipinski definition) is 1. The molecule has 1 N–H and O–H groups in total. The molecule has 74 valence electrons. The fraction of sp³-hybridized carbons (Fsp3) is 0.545. The van der Waals surface area contributed by atoms with Crippen LogP contribution in [0.3, 0.4) is 0 Å². The first-order chi connectivity index (χ1) is 6.63. The number of carbonyl (C=O) groups is 1. The molecular weight excluding hydrogens is 196 g/mol. The molecule has 0 aliphatic heterocycles. The number of aliphatic carboxylic acids is 1. The maximum absolute atomic E-state index is 11.1. The quantitative estimate of drug-likeness (QED) is 0.769. The maximum Gasteiger partial charge on any atom is 0.307 e. The van der Waals surface area contributed by atoms with Crippen molar-refractivity contribution >= 4 is 17.3 Å². The number of thiophene rings is 1. The lowest BCUT2D eigenvalue weighted by molar-refractivity contribution is -0.142. The summed E-state index contributed by atoms with van der Waals surface area (Å²) in [6, 6.07) is 2.20. The molecule has 14 heavy (non-hydrogen) atoms. The Morgan fingerprint density at radius 1 is 1.64 bits per heavy atom.